The van der Waals surface area contributed by atoms with E-state index in [2.05, 4.69) is 5.32 Å². The maximum Gasteiger partial charge on any atom is 0.313 e. The summed E-state index contributed by atoms with van der Waals surface area (Å²) < 4.78 is 5.21. The van der Waals surface area contributed by atoms with Crippen LogP contribution in [-0.4, -0.2) is 42.4 Å². The van der Waals surface area contributed by atoms with Crippen LogP contribution in [0.15, 0.2) is 54.6 Å². The number of nitrogens with zero attached hydrogens (tertiary/aromatic N) is 1. The van der Waals surface area contributed by atoms with Gasteiger partial charge in [-0.2, -0.15) is 0 Å². The molecule has 0 aliphatic heterocycles. The van der Waals surface area contributed by atoms with Crippen molar-refractivity contribution in [3.8, 4) is 0 Å². The molecule has 154 valence electrons. The predicted octanol–water partition coefficient (Wildman–Crippen LogP) is 3.84. The molecule has 29 heavy (non-hydrogen) atoms. The average molecular weight is 396 g/mol. The van der Waals surface area contributed by atoms with Crippen molar-refractivity contribution in [2.75, 3.05) is 25.0 Å². The zero-order valence-corrected chi connectivity index (χ0v) is 17.2. The molecule has 0 unspecified atom stereocenters. The topological polar surface area (TPSA) is 75.7 Å². The first-order chi connectivity index (χ1) is 14.0. The van der Waals surface area contributed by atoms with Gasteiger partial charge in [-0.05, 0) is 44.0 Å². The van der Waals surface area contributed by atoms with E-state index in [4.69, 9.17) is 4.74 Å². The lowest BCUT2D eigenvalue weighted by atomic mass is 9.97. The van der Waals surface area contributed by atoms with Crippen molar-refractivity contribution in [3.05, 3.63) is 65.7 Å². The van der Waals surface area contributed by atoms with E-state index in [0.717, 1.165) is 5.56 Å². The smallest absolute Gasteiger partial charge is 0.313 e. The minimum atomic E-state index is -0.450. The molecule has 1 atom stereocenters. The second-order valence-electron chi connectivity index (χ2n) is 6.59. The minimum absolute atomic E-state index is 0.0915. The van der Waals surface area contributed by atoms with Gasteiger partial charge < -0.3 is 15.0 Å². The minimum Gasteiger partial charge on any atom is -0.455 e. The van der Waals surface area contributed by atoms with Gasteiger partial charge in [-0.15, -0.1) is 0 Å². The molecular formula is C23H28N2O4. The van der Waals surface area contributed by atoms with Crippen LogP contribution < -0.4 is 5.32 Å². The van der Waals surface area contributed by atoms with Gasteiger partial charge in [0.1, 0.15) is 0 Å². The zero-order chi connectivity index (χ0) is 21.2. The Bertz CT molecular complexity index is 832. The first-order valence-electron chi connectivity index (χ1n) is 9.90. The number of esters is 1. The first-order valence-corrected chi connectivity index (χ1v) is 9.90. The number of anilines is 1. The molecular weight excluding hydrogens is 368 g/mol. The number of ether oxygens (including phenoxy) is 1. The van der Waals surface area contributed by atoms with Crippen LogP contribution in [0, 0.1) is 0 Å². The third kappa shape index (κ3) is 6.17. The number of carbonyl (C=O) groups is 3. The Balaban J connectivity index is 1.95. The van der Waals surface area contributed by atoms with Gasteiger partial charge in [0.2, 0.25) is 0 Å². The van der Waals surface area contributed by atoms with Gasteiger partial charge in [0.25, 0.3) is 11.8 Å². The van der Waals surface area contributed by atoms with Crippen molar-refractivity contribution in [2.24, 2.45) is 0 Å². The third-order valence-electron chi connectivity index (χ3n) is 4.68. The summed E-state index contributed by atoms with van der Waals surface area (Å²) in [5, 5.41) is 2.68. The van der Waals surface area contributed by atoms with Gasteiger partial charge in [0.15, 0.2) is 6.61 Å². The van der Waals surface area contributed by atoms with Crippen molar-refractivity contribution in [1.82, 2.24) is 4.90 Å². The fourth-order valence-corrected chi connectivity index (χ4v) is 3.08. The predicted molar refractivity (Wildman–Crippen MR) is 113 cm³/mol. The van der Waals surface area contributed by atoms with E-state index >= 15 is 0 Å². The fraction of sp³-hybridized carbons (Fsp3) is 0.348. The molecule has 0 heterocycles. The Morgan fingerprint density at radius 2 is 1.66 bits per heavy atom. The van der Waals surface area contributed by atoms with E-state index in [1.165, 1.54) is 0 Å². The Morgan fingerprint density at radius 3 is 2.28 bits per heavy atom. The molecule has 2 aromatic rings. The SMILES string of the molecule is CC[C@@H](C(=O)OCC(=O)Nc1cccc(C(=O)N(CC)CC)c1)c1ccccc1. The quantitative estimate of drug-likeness (QED) is 0.654. The zero-order valence-electron chi connectivity index (χ0n) is 17.2. The molecule has 0 spiro atoms. The number of hydrogen-bond donors (Lipinski definition) is 1. The summed E-state index contributed by atoms with van der Waals surface area (Å²) in [5.74, 6) is -1.38. The summed E-state index contributed by atoms with van der Waals surface area (Å²) in [6.45, 7) is 6.58. The lowest BCUT2D eigenvalue weighted by Gasteiger charge is -2.19. The Hall–Kier alpha value is -3.15. The second kappa shape index (κ2) is 11.0. The largest absolute Gasteiger partial charge is 0.455 e. The van der Waals surface area contributed by atoms with Crippen LogP contribution >= 0.6 is 0 Å². The second-order valence-corrected chi connectivity index (χ2v) is 6.59. The van der Waals surface area contributed by atoms with Crippen LogP contribution in [0.25, 0.3) is 0 Å². The lowest BCUT2D eigenvalue weighted by molar-refractivity contribution is -0.149. The molecule has 6 heteroatoms. The van der Waals surface area contributed by atoms with E-state index < -0.39 is 17.8 Å². The molecule has 0 fully saturated rings. The van der Waals surface area contributed by atoms with Crippen molar-refractivity contribution < 1.29 is 19.1 Å². The molecule has 0 saturated carbocycles. The number of hydrogen-bond acceptors (Lipinski definition) is 4. The highest BCUT2D eigenvalue weighted by Gasteiger charge is 2.21. The van der Waals surface area contributed by atoms with Crippen molar-refractivity contribution in [2.45, 2.75) is 33.1 Å². The van der Waals surface area contributed by atoms with Gasteiger partial charge >= 0.3 is 5.97 Å². The van der Waals surface area contributed by atoms with E-state index in [-0.39, 0.29) is 12.5 Å². The van der Waals surface area contributed by atoms with E-state index in [1.54, 1.807) is 29.2 Å². The third-order valence-corrected chi connectivity index (χ3v) is 4.68. The van der Waals surface area contributed by atoms with Crippen molar-refractivity contribution >= 4 is 23.5 Å². The van der Waals surface area contributed by atoms with Crippen molar-refractivity contribution in [1.29, 1.82) is 0 Å². The number of amides is 2. The molecule has 6 nitrogen and oxygen atoms in total. The summed E-state index contributed by atoms with van der Waals surface area (Å²) in [6.07, 6.45) is 0.583. The summed E-state index contributed by atoms with van der Waals surface area (Å²) >= 11 is 0. The maximum absolute atomic E-state index is 12.4. The molecule has 0 radical (unpaired) electrons. The Kier molecular flexibility index (Phi) is 8.40. The molecule has 2 rings (SSSR count). The average Bonchev–Trinajstić information content (AvgIpc) is 2.74. The molecule has 0 aliphatic rings. The number of carbonyl (C=O) groups excluding carboxylic acids is 3. The molecule has 0 aromatic heterocycles. The standard InChI is InChI=1S/C23H28N2O4/c1-4-20(17-11-8-7-9-12-17)23(28)29-16-21(26)24-19-14-10-13-18(15-19)22(27)25(5-2)6-3/h7-15,20H,4-6,16H2,1-3H3,(H,24,26)/t20-/m1/s1. The van der Waals surface area contributed by atoms with Gasteiger partial charge in [0, 0.05) is 24.3 Å². The van der Waals surface area contributed by atoms with Crippen LogP contribution in [0.4, 0.5) is 5.69 Å². The highest BCUT2D eigenvalue weighted by molar-refractivity contribution is 5.97. The van der Waals surface area contributed by atoms with Crippen LogP contribution in [0.2, 0.25) is 0 Å². The summed E-state index contributed by atoms with van der Waals surface area (Å²) in [5.41, 5.74) is 1.85. The van der Waals surface area contributed by atoms with Crippen molar-refractivity contribution in [3.63, 3.8) is 0 Å². The van der Waals surface area contributed by atoms with E-state index in [1.807, 2.05) is 51.1 Å². The van der Waals surface area contributed by atoms with E-state index in [0.29, 0.717) is 30.8 Å². The molecule has 0 bridgehead atoms. The summed E-state index contributed by atoms with van der Waals surface area (Å²) in [4.78, 5) is 38.7. The molecule has 2 aromatic carbocycles. The van der Waals surface area contributed by atoms with Gasteiger partial charge in [-0.1, -0.05) is 43.3 Å². The monoisotopic (exact) mass is 396 g/mol. The Labute approximate surface area is 171 Å². The van der Waals surface area contributed by atoms with E-state index in [9.17, 15) is 14.4 Å². The lowest BCUT2D eigenvalue weighted by Crippen LogP contribution is -2.30. The normalized spacial score (nSPS) is 11.4. The van der Waals surface area contributed by atoms with Crippen LogP contribution in [0.5, 0.6) is 0 Å². The summed E-state index contributed by atoms with van der Waals surface area (Å²) in [6, 6.07) is 16.1. The Morgan fingerprint density at radius 1 is 0.966 bits per heavy atom. The highest BCUT2D eigenvalue weighted by Crippen LogP contribution is 2.20. The van der Waals surface area contributed by atoms with Crippen LogP contribution in [-0.2, 0) is 14.3 Å². The number of rotatable bonds is 9. The molecule has 0 saturated heterocycles. The molecule has 1 N–H and O–H groups in total. The number of benzene rings is 2. The van der Waals surface area contributed by atoms with Gasteiger partial charge in [-0.25, -0.2) is 0 Å². The number of nitrogens with one attached hydrogen (secondary N) is 1. The van der Waals surface area contributed by atoms with Crippen LogP contribution in [0.1, 0.15) is 49.0 Å². The van der Waals surface area contributed by atoms with Gasteiger partial charge in [-0.3, -0.25) is 14.4 Å². The highest BCUT2D eigenvalue weighted by atomic mass is 16.5. The first kappa shape index (κ1) is 22.1. The van der Waals surface area contributed by atoms with Crippen LogP contribution in [0.3, 0.4) is 0 Å². The maximum atomic E-state index is 12.4. The summed E-state index contributed by atoms with van der Waals surface area (Å²) in [7, 11) is 0. The van der Waals surface area contributed by atoms with Gasteiger partial charge in [0.05, 0.1) is 5.92 Å². The fourth-order valence-electron chi connectivity index (χ4n) is 3.08. The molecule has 0 aliphatic carbocycles. The molecule has 2 amide bonds.